The van der Waals surface area contributed by atoms with Crippen LogP contribution in [0, 0.1) is 5.95 Å². The van der Waals surface area contributed by atoms with Crippen molar-refractivity contribution < 1.29 is 9.50 Å². The molecule has 76 valence electrons. The number of pyridine rings is 2. The molecule has 2 heterocycles. The molecular weight excluding hydrogens is 195 g/mol. The Kier molecular flexibility index (Phi) is 2.69. The van der Waals surface area contributed by atoms with Crippen LogP contribution in [-0.4, -0.2) is 15.1 Å². The second kappa shape index (κ2) is 4.14. The number of rotatable bonds is 2. The molecule has 0 saturated carbocycles. The van der Waals surface area contributed by atoms with Gasteiger partial charge in [-0.1, -0.05) is 6.07 Å². The largest absolute Gasteiger partial charge is 0.390 e. The van der Waals surface area contributed by atoms with E-state index in [-0.39, 0.29) is 6.61 Å². The van der Waals surface area contributed by atoms with Crippen molar-refractivity contribution >= 4 is 0 Å². The minimum absolute atomic E-state index is 0.290. The lowest BCUT2D eigenvalue weighted by atomic mass is 10.1. The lowest BCUT2D eigenvalue weighted by molar-refractivity contribution is 0.275. The Balaban J connectivity index is 2.53. The maximum atomic E-state index is 12.8. The number of hydrogen-bond acceptors (Lipinski definition) is 3. The van der Waals surface area contributed by atoms with E-state index in [0.29, 0.717) is 11.3 Å². The fourth-order valence-corrected chi connectivity index (χ4v) is 1.38. The van der Waals surface area contributed by atoms with Crippen molar-refractivity contribution in [1.29, 1.82) is 0 Å². The van der Waals surface area contributed by atoms with E-state index in [4.69, 9.17) is 5.11 Å². The predicted molar refractivity (Wildman–Crippen MR) is 53.3 cm³/mol. The van der Waals surface area contributed by atoms with Crippen LogP contribution in [-0.2, 0) is 6.61 Å². The summed E-state index contributed by atoms with van der Waals surface area (Å²) in [5.41, 5.74) is 1.84. The number of hydrogen-bond donors (Lipinski definition) is 1. The summed E-state index contributed by atoms with van der Waals surface area (Å²) in [5, 5.41) is 9.05. The average Bonchev–Trinajstić information content (AvgIpc) is 2.30. The molecule has 0 bridgehead atoms. The van der Waals surface area contributed by atoms with Crippen LogP contribution in [0.15, 0.2) is 36.7 Å². The third kappa shape index (κ3) is 1.99. The van der Waals surface area contributed by atoms with Gasteiger partial charge in [-0.05, 0) is 18.2 Å². The first-order valence-corrected chi connectivity index (χ1v) is 4.48. The lowest BCUT2D eigenvalue weighted by Gasteiger charge is -2.05. The molecule has 0 aliphatic carbocycles. The SMILES string of the molecule is OCc1nc(F)ccc1-c1cccnc1. The molecule has 0 spiro atoms. The molecule has 0 aliphatic rings. The zero-order chi connectivity index (χ0) is 10.7. The molecule has 0 fully saturated rings. The van der Waals surface area contributed by atoms with Crippen LogP contribution in [0.5, 0.6) is 0 Å². The zero-order valence-corrected chi connectivity index (χ0v) is 7.89. The topological polar surface area (TPSA) is 46.0 Å². The van der Waals surface area contributed by atoms with Gasteiger partial charge < -0.3 is 5.11 Å². The van der Waals surface area contributed by atoms with E-state index in [2.05, 4.69) is 9.97 Å². The summed E-state index contributed by atoms with van der Waals surface area (Å²) in [6.07, 6.45) is 3.30. The van der Waals surface area contributed by atoms with E-state index in [1.54, 1.807) is 24.5 Å². The highest BCUT2D eigenvalue weighted by molar-refractivity contribution is 5.64. The van der Waals surface area contributed by atoms with Gasteiger partial charge in [0, 0.05) is 23.5 Å². The molecule has 2 aromatic heterocycles. The number of nitrogens with zero attached hydrogens (tertiary/aromatic N) is 2. The number of halogens is 1. The molecule has 4 heteroatoms. The third-order valence-electron chi connectivity index (χ3n) is 2.06. The van der Waals surface area contributed by atoms with Gasteiger partial charge in [0.05, 0.1) is 12.3 Å². The summed E-state index contributed by atoms with van der Waals surface area (Å²) in [6, 6.07) is 6.47. The molecule has 1 N–H and O–H groups in total. The van der Waals surface area contributed by atoms with E-state index in [1.807, 2.05) is 6.07 Å². The fraction of sp³-hybridized carbons (Fsp3) is 0.0909. The monoisotopic (exact) mass is 204 g/mol. The number of aliphatic hydroxyl groups is 1. The van der Waals surface area contributed by atoms with Gasteiger partial charge in [-0.15, -0.1) is 0 Å². The second-order valence-electron chi connectivity index (χ2n) is 3.03. The Morgan fingerprint density at radius 1 is 1.27 bits per heavy atom. The van der Waals surface area contributed by atoms with E-state index < -0.39 is 5.95 Å². The fourth-order valence-electron chi connectivity index (χ4n) is 1.38. The normalized spacial score (nSPS) is 10.3. The number of aliphatic hydroxyl groups excluding tert-OH is 1. The second-order valence-corrected chi connectivity index (χ2v) is 3.03. The molecule has 0 radical (unpaired) electrons. The van der Waals surface area contributed by atoms with E-state index >= 15 is 0 Å². The van der Waals surface area contributed by atoms with Crippen LogP contribution in [0.1, 0.15) is 5.69 Å². The highest BCUT2D eigenvalue weighted by atomic mass is 19.1. The minimum Gasteiger partial charge on any atom is -0.390 e. The molecule has 3 nitrogen and oxygen atoms in total. The average molecular weight is 204 g/mol. The van der Waals surface area contributed by atoms with Gasteiger partial charge in [-0.25, -0.2) is 4.98 Å². The Morgan fingerprint density at radius 2 is 2.13 bits per heavy atom. The predicted octanol–water partition coefficient (Wildman–Crippen LogP) is 1.77. The maximum absolute atomic E-state index is 12.8. The zero-order valence-electron chi connectivity index (χ0n) is 7.89. The summed E-state index contributed by atoms with van der Waals surface area (Å²) >= 11 is 0. The lowest BCUT2D eigenvalue weighted by Crippen LogP contribution is -1.96. The smallest absolute Gasteiger partial charge is 0.213 e. The molecule has 2 aromatic rings. The van der Waals surface area contributed by atoms with Crippen molar-refractivity contribution in [2.45, 2.75) is 6.61 Å². The highest BCUT2D eigenvalue weighted by Gasteiger charge is 2.06. The van der Waals surface area contributed by atoms with Gasteiger partial charge in [0.1, 0.15) is 0 Å². The third-order valence-corrected chi connectivity index (χ3v) is 2.06. The van der Waals surface area contributed by atoms with E-state index in [0.717, 1.165) is 5.56 Å². The molecule has 0 aromatic carbocycles. The minimum atomic E-state index is -0.591. The van der Waals surface area contributed by atoms with Gasteiger partial charge >= 0.3 is 0 Å². The van der Waals surface area contributed by atoms with Crippen LogP contribution < -0.4 is 0 Å². The summed E-state index contributed by atoms with van der Waals surface area (Å²) in [7, 11) is 0. The van der Waals surface area contributed by atoms with Gasteiger partial charge in [0.15, 0.2) is 0 Å². The Morgan fingerprint density at radius 3 is 2.80 bits per heavy atom. The van der Waals surface area contributed by atoms with Gasteiger partial charge in [0.25, 0.3) is 0 Å². The van der Waals surface area contributed by atoms with Crippen LogP contribution in [0.25, 0.3) is 11.1 Å². The Labute approximate surface area is 86.3 Å². The van der Waals surface area contributed by atoms with Crippen molar-refractivity contribution in [2.75, 3.05) is 0 Å². The molecule has 15 heavy (non-hydrogen) atoms. The van der Waals surface area contributed by atoms with Gasteiger partial charge in [0.2, 0.25) is 5.95 Å². The quantitative estimate of drug-likeness (QED) is 0.758. The summed E-state index contributed by atoms with van der Waals surface area (Å²) in [4.78, 5) is 7.58. The van der Waals surface area contributed by atoms with E-state index in [1.165, 1.54) is 6.07 Å². The van der Waals surface area contributed by atoms with Crippen molar-refractivity contribution in [3.8, 4) is 11.1 Å². The Bertz CT molecular complexity index is 459. The number of aromatic nitrogens is 2. The summed E-state index contributed by atoms with van der Waals surface area (Å²) in [6.45, 7) is -0.290. The molecule has 2 rings (SSSR count). The van der Waals surface area contributed by atoms with Crippen molar-refractivity contribution in [3.63, 3.8) is 0 Å². The van der Waals surface area contributed by atoms with Crippen molar-refractivity contribution in [3.05, 3.63) is 48.3 Å². The molecule has 0 amide bonds. The first kappa shape index (κ1) is 9.73. The van der Waals surface area contributed by atoms with Gasteiger partial charge in [-0.2, -0.15) is 4.39 Å². The van der Waals surface area contributed by atoms with Crippen LogP contribution in [0.3, 0.4) is 0 Å². The highest BCUT2D eigenvalue weighted by Crippen LogP contribution is 2.21. The molecule has 0 unspecified atom stereocenters. The van der Waals surface area contributed by atoms with Crippen LogP contribution in [0.2, 0.25) is 0 Å². The molecule has 0 atom stereocenters. The van der Waals surface area contributed by atoms with Crippen molar-refractivity contribution in [2.24, 2.45) is 0 Å². The standard InChI is InChI=1S/C11H9FN2O/c12-11-4-3-9(10(7-15)14-11)8-2-1-5-13-6-8/h1-6,15H,7H2. The first-order valence-electron chi connectivity index (χ1n) is 4.48. The van der Waals surface area contributed by atoms with Crippen LogP contribution in [0.4, 0.5) is 4.39 Å². The summed E-state index contributed by atoms with van der Waals surface area (Å²) < 4.78 is 12.8. The van der Waals surface area contributed by atoms with Gasteiger partial charge in [-0.3, -0.25) is 4.98 Å². The van der Waals surface area contributed by atoms with Crippen molar-refractivity contribution in [1.82, 2.24) is 9.97 Å². The Hall–Kier alpha value is -1.81. The van der Waals surface area contributed by atoms with Crippen LogP contribution >= 0.6 is 0 Å². The van der Waals surface area contributed by atoms with E-state index in [9.17, 15) is 4.39 Å². The molecular formula is C11H9FN2O. The summed E-state index contributed by atoms with van der Waals surface area (Å²) in [5.74, 6) is -0.591. The molecule has 0 aliphatic heterocycles. The first-order chi connectivity index (χ1) is 7.31. The maximum Gasteiger partial charge on any atom is 0.213 e. The molecule has 0 saturated heterocycles.